The summed E-state index contributed by atoms with van der Waals surface area (Å²) in [6.07, 6.45) is 1.04. The average molecular weight is 339 g/mol. The van der Waals surface area contributed by atoms with Crippen molar-refractivity contribution in [1.82, 2.24) is 4.90 Å². The molecule has 0 aromatic carbocycles. The van der Waals surface area contributed by atoms with E-state index in [0.29, 0.717) is 5.66 Å². The van der Waals surface area contributed by atoms with Crippen molar-refractivity contribution < 1.29 is 23.6 Å². The van der Waals surface area contributed by atoms with E-state index < -0.39 is 30.0 Å². The topological polar surface area (TPSA) is 57.2 Å². The highest BCUT2D eigenvalue weighted by atomic mass is 16.7. The highest BCUT2D eigenvalue weighted by Crippen LogP contribution is 2.40. The van der Waals surface area contributed by atoms with Crippen LogP contribution in [-0.4, -0.2) is 47.1 Å². The summed E-state index contributed by atoms with van der Waals surface area (Å²) in [5, 5.41) is 0. The number of rotatable bonds is 1. The van der Waals surface area contributed by atoms with Gasteiger partial charge in [-0.25, -0.2) is 4.79 Å². The van der Waals surface area contributed by atoms with Gasteiger partial charge in [-0.15, -0.1) is 0 Å². The first-order valence-corrected chi connectivity index (χ1v) is 8.49. The Morgan fingerprint density at radius 1 is 1.17 bits per heavy atom. The summed E-state index contributed by atoms with van der Waals surface area (Å²) in [5.41, 5.74) is -1.00. The Hall–Kier alpha value is -1.21. The number of ether oxygens (including phenoxy) is 2. The fourth-order valence-corrected chi connectivity index (χ4v) is 2.43. The van der Waals surface area contributed by atoms with Crippen LogP contribution in [0.5, 0.6) is 0 Å². The van der Waals surface area contributed by atoms with Crippen LogP contribution < -0.4 is 0 Å². The molecule has 0 saturated carbocycles. The van der Waals surface area contributed by atoms with Crippen LogP contribution in [0.2, 0.25) is 0 Å². The Morgan fingerprint density at radius 3 is 2.12 bits per heavy atom. The lowest BCUT2D eigenvalue weighted by molar-refractivity contribution is -0.00438. The van der Waals surface area contributed by atoms with Crippen molar-refractivity contribution in [3.63, 3.8) is 0 Å². The Balaban J connectivity index is 2.24. The van der Waals surface area contributed by atoms with E-state index in [9.17, 15) is 4.79 Å². The Morgan fingerprint density at radius 2 is 1.67 bits per heavy atom. The number of carbonyl (C=O) groups excluding carboxylic acids is 1. The normalized spacial score (nSPS) is 29.1. The van der Waals surface area contributed by atoms with E-state index in [1.165, 1.54) is 0 Å². The van der Waals surface area contributed by atoms with Crippen LogP contribution in [0.3, 0.4) is 0 Å². The molecule has 1 amide bonds. The molecule has 2 aliphatic heterocycles. The van der Waals surface area contributed by atoms with Crippen LogP contribution in [0, 0.1) is 0 Å². The molecule has 1 saturated heterocycles. The summed E-state index contributed by atoms with van der Waals surface area (Å²) >= 11 is 0. The van der Waals surface area contributed by atoms with Gasteiger partial charge in [0.25, 0.3) is 0 Å². The zero-order chi connectivity index (χ0) is 18.5. The van der Waals surface area contributed by atoms with Gasteiger partial charge in [0.2, 0.25) is 0 Å². The first kappa shape index (κ1) is 19.1. The van der Waals surface area contributed by atoms with Crippen molar-refractivity contribution in [2.75, 3.05) is 0 Å². The zero-order valence-electron chi connectivity index (χ0n) is 16.3. The van der Waals surface area contributed by atoms with Gasteiger partial charge in [-0.1, -0.05) is 0 Å². The largest absolute Gasteiger partial charge is 0.533 e. The molecule has 2 unspecified atom stereocenters. The van der Waals surface area contributed by atoms with Crippen molar-refractivity contribution in [2.24, 2.45) is 0 Å². The summed E-state index contributed by atoms with van der Waals surface area (Å²) in [5.74, 6) is 0. The summed E-state index contributed by atoms with van der Waals surface area (Å²) in [4.78, 5) is 14.1. The maximum Gasteiger partial charge on any atom is 0.533 e. The number of hydrogen-bond donors (Lipinski definition) is 0. The van der Waals surface area contributed by atoms with Crippen LogP contribution >= 0.6 is 0 Å². The standard InChI is InChI=1S/C17H30BNO5/c1-11-12(2)21-13(10-19(11)14(20)22-15(3,4)5)18-23-16(6,7)17(8,9)24-18/h10-12H,1-9H3. The van der Waals surface area contributed by atoms with Crippen molar-refractivity contribution in [3.05, 3.63) is 11.9 Å². The highest BCUT2D eigenvalue weighted by Gasteiger charge is 2.54. The fourth-order valence-electron chi connectivity index (χ4n) is 2.43. The molecule has 0 spiro atoms. The number of nitrogens with zero attached hydrogens (tertiary/aromatic N) is 1. The van der Waals surface area contributed by atoms with Gasteiger partial charge in [0.1, 0.15) is 17.4 Å². The van der Waals surface area contributed by atoms with Gasteiger partial charge in [-0.2, -0.15) is 0 Å². The molecule has 24 heavy (non-hydrogen) atoms. The van der Waals surface area contributed by atoms with Gasteiger partial charge in [0, 0.05) is 6.20 Å². The molecule has 2 rings (SSSR count). The van der Waals surface area contributed by atoms with E-state index in [-0.39, 0.29) is 12.1 Å². The molecule has 0 aromatic rings. The molecule has 6 nitrogen and oxygen atoms in total. The summed E-state index contributed by atoms with van der Waals surface area (Å²) in [6.45, 7) is 17.3. The molecule has 1 fully saturated rings. The van der Waals surface area contributed by atoms with Crippen LogP contribution in [0.25, 0.3) is 0 Å². The molecule has 136 valence electrons. The molecule has 2 heterocycles. The Kier molecular flexibility index (Phi) is 4.74. The van der Waals surface area contributed by atoms with Gasteiger partial charge in [-0.3, -0.25) is 4.90 Å². The van der Waals surface area contributed by atoms with Gasteiger partial charge in [-0.05, 0) is 62.3 Å². The molecule has 0 aromatic heterocycles. The average Bonchev–Trinajstić information content (AvgIpc) is 2.59. The second-order valence-corrected chi connectivity index (χ2v) is 8.57. The van der Waals surface area contributed by atoms with Gasteiger partial charge >= 0.3 is 13.2 Å². The predicted molar refractivity (Wildman–Crippen MR) is 92.2 cm³/mol. The minimum Gasteiger partial charge on any atom is -0.495 e. The third-order valence-corrected chi connectivity index (χ3v) is 4.80. The lowest BCUT2D eigenvalue weighted by atomic mass is 9.86. The quantitative estimate of drug-likeness (QED) is 0.685. The molecular formula is C17H30BNO5. The van der Waals surface area contributed by atoms with Gasteiger partial charge < -0.3 is 18.8 Å². The number of hydrogen-bond acceptors (Lipinski definition) is 5. The molecule has 0 N–H and O–H groups in total. The maximum atomic E-state index is 12.5. The van der Waals surface area contributed by atoms with Gasteiger partial charge in [0.05, 0.1) is 17.2 Å². The first-order chi connectivity index (χ1) is 10.7. The number of carbonyl (C=O) groups is 1. The molecule has 2 aliphatic rings. The van der Waals surface area contributed by atoms with E-state index in [2.05, 4.69) is 0 Å². The van der Waals surface area contributed by atoms with Crippen molar-refractivity contribution >= 4 is 13.2 Å². The van der Waals surface area contributed by atoms with Crippen molar-refractivity contribution in [2.45, 2.75) is 91.3 Å². The van der Waals surface area contributed by atoms with E-state index in [0.717, 1.165) is 0 Å². The second kappa shape index (κ2) is 5.95. The van der Waals surface area contributed by atoms with E-state index in [4.69, 9.17) is 18.8 Å². The van der Waals surface area contributed by atoms with Crippen molar-refractivity contribution in [3.8, 4) is 0 Å². The molecular weight excluding hydrogens is 309 g/mol. The maximum absolute atomic E-state index is 12.5. The second-order valence-electron chi connectivity index (χ2n) is 8.57. The molecule has 0 radical (unpaired) electrons. The smallest absolute Gasteiger partial charge is 0.495 e. The van der Waals surface area contributed by atoms with Gasteiger partial charge in [0.15, 0.2) is 0 Å². The summed E-state index contributed by atoms with van der Waals surface area (Å²) in [6, 6.07) is -0.147. The Bertz CT molecular complexity index is 522. The van der Waals surface area contributed by atoms with Crippen molar-refractivity contribution in [1.29, 1.82) is 0 Å². The minimum absolute atomic E-state index is 0.147. The monoisotopic (exact) mass is 339 g/mol. The predicted octanol–water partition coefficient (Wildman–Crippen LogP) is 3.50. The lowest BCUT2D eigenvalue weighted by Crippen LogP contribution is -2.48. The fraction of sp³-hybridized carbons (Fsp3) is 0.824. The van der Waals surface area contributed by atoms with Crippen LogP contribution in [-0.2, 0) is 18.8 Å². The highest BCUT2D eigenvalue weighted by molar-refractivity contribution is 6.53. The Labute approximate surface area is 145 Å². The molecule has 0 aliphatic carbocycles. The summed E-state index contributed by atoms with van der Waals surface area (Å²) in [7, 11) is -0.644. The third kappa shape index (κ3) is 3.72. The molecule has 0 bridgehead atoms. The first-order valence-electron chi connectivity index (χ1n) is 8.49. The lowest BCUT2D eigenvalue weighted by Gasteiger charge is -2.37. The minimum atomic E-state index is -0.644. The van der Waals surface area contributed by atoms with Crippen LogP contribution in [0.4, 0.5) is 4.79 Å². The zero-order valence-corrected chi connectivity index (χ0v) is 16.3. The van der Waals surface area contributed by atoms with E-state index in [1.807, 2.05) is 62.3 Å². The van der Waals surface area contributed by atoms with E-state index >= 15 is 0 Å². The third-order valence-electron chi connectivity index (χ3n) is 4.80. The number of amides is 1. The van der Waals surface area contributed by atoms with E-state index in [1.54, 1.807) is 11.1 Å². The molecule has 7 heteroatoms. The SMILES string of the molecule is CC1OC(B2OC(C)(C)C(C)(C)O2)=CN(C(=O)OC(C)(C)C)C1C. The van der Waals surface area contributed by atoms with Crippen LogP contribution in [0.1, 0.15) is 62.3 Å². The summed E-state index contributed by atoms with van der Waals surface area (Å²) < 4.78 is 23.5. The molecule has 2 atom stereocenters. The van der Waals surface area contributed by atoms with Crippen LogP contribution in [0.15, 0.2) is 11.9 Å².